The van der Waals surface area contributed by atoms with E-state index in [1.165, 1.54) is 18.2 Å². The number of carbonyl (C=O) groups is 2. The molecule has 0 bridgehead atoms. The van der Waals surface area contributed by atoms with Crippen LogP contribution in [0.5, 0.6) is 5.75 Å². The molecular weight excluding hydrogens is 251 g/mol. The molecule has 0 saturated carbocycles. The zero-order chi connectivity index (χ0) is 14.3. The molecule has 0 aliphatic heterocycles. The molecule has 0 fully saturated rings. The van der Waals surface area contributed by atoms with E-state index in [0.717, 1.165) is 0 Å². The van der Waals surface area contributed by atoms with E-state index in [9.17, 15) is 14.0 Å². The number of hydrogen-bond acceptors (Lipinski definition) is 3. The van der Waals surface area contributed by atoms with Crippen LogP contribution in [0.25, 0.3) is 0 Å². The Hall–Kier alpha value is -2.11. The van der Waals surface area contributed by atoms with Crippen molar-refractivity contribution in [2.24, 2.45) is 0 Å². The molecule has 5 nitrogen and oxygen atoms in total. The van der Waals surface area contributed by atoms with Gasteiger partial charge in [0.15, 0.2) is 6.61 Å². The van der Waals surface area contributed by atoms with E-state index >= 15 is 0 Å². The van der Waals surface area contributed by atoms with Gasteiger partial charge in [0.1, 0.15) is 17.6 Å². The molecule has 2 N–H and O–H groups in total. The van der Waals surface area contributed by atoms with Crippen LogP contribution in [0.1, 0.15) is 13.8 Å². The number of likely N-dealkylation sites (N-methyl/N-ethyl adjacent to an activating group) is 1. The average molecular weight is 268 g/mol. The smallest absolute Gasteiger partial charge is 0.258 e. The Morgan fingerprint density at radius 1 is 1.42 bits per heavy atom. The lowest BCUT2D eigenvalue weighted by atomic mass is 10.3. The summed E-state index contributed by atoms with van der Waals surface area (Å²) in [5, 5.41) is 5.07. The predicted molar refractivity (Wildman–Crippen MR) is 68.2 cm³/mol. The summed E-state index contributed by atoms with van der Waals surface area (Å²) in [6.45, 7) is 3.59. The minimum atomic E-state index is -0.636. The van der Waals surface area contributed by atoms with Crippen molar-refractivity contribution < 1.29 is 18.7 Å². The lowest BCUT2D eigenvalue weighted by molar-refractivity contribution is -0.129. The van der Waals surface area contributed by atoms with Gasteiger partial charge in [-0.15, -0.1) is 0 Å². The van der Waals surface area contributed by atoms with Crippen LogP contribution in [0.15, 0.2) is 24.3 Å². The third-order valence-corrected chi connectivity index (χ3v) is 2.29. The van der Waals surface area contributed by atoms with Gasteiger partial charge in [0, 0.05) is 12.6 Å². The molecule has 1 rings (SSSR count). The number of amides is 2. The van der Waals surface area contributed by atoms with Gasteiger partial charge < -0.3 is 15.4 Å². The molecule has 0 spiro atoms. The second kappa shape index (κ2) is 7.35. The standard InChI is InChI=1S/C13H17FN2O3/c1-3-15-13(18)9(2)16-12(17)8-19-11-6-4-5-10(14)7-11/h4-7,9H,3,8H2,1-2H3,(H,15,18)(H,16,17)/t9-/m0/s1. The van der Waals surface area contributed by atoms with Crippen LogP contribution in [-0.4, -0.2) is 31.0 Å². The van der Waals surface area contributed by atoms with Crippen molar-refractivity contribution in [3.8, 4) is 5.75 Å². The first-order valence-corrected chi connectivity index (χ1v) is 5.98. The van der Waals surface area contributed by atoms with Crippen molar-refractivity contribution in [1.29, 1.82) is 0 Å². The van der Waals surface area contributed by atoms with E-state index in [2.05, 4.69) is 10.6 Å². The van der Waals surface area contributed by atoms with Crippen molar-refractivity contribution in [2.75, 3.05) is 13.2 Å². The van der Waals surface area contributed by atoms with Crippen molar-refractivity contribution >= 4 is 11.8 Å². The van der Waals surface area contributed by atoms with Crippen molar-refractivity contribution in [3.05, 3.63) is 30.1 Å². The predicted octanol–water partition coefficient (Wildman–Crippen LogP) is 0.845. The van der Waals surface area contributed by atoms with E-state index in [0.29, 0.717) is 6.54 Å². The maximum absolute atomic E-state index is 12.9. The highest BCUT2D eigenvalue weighted by molar-refractivity contribution is 5.87. The van der Waals surface area contributed by atoms with Crippen molar-refractivity contribution in [2.45, 2.75) is 19.9 Å². The molecule has 6 heteroatoms. The second-order valence-corrected chi connectivity index (χ2v) is 3.93. The second-order valence-electron chi connectivity index (χ2n) is 3.93. The van der Waals surface area contributed by atoms with E-state index in [4.69, 9.17) is 4.74 Å². The lowest BCUT2D eigenvalue weighted by Crippen LogP contribution is -2.46. The van der Waals surface area contributed by atoms with Crippen LogP contribution in [0.3, 0.4) is 0 Å². The summed E-state index contributed by atoms with van der Waals surface area (Å²) >= 11 is 0. The number of nitrogens with one attached hydrogen (secondary N) is 2. The Labute approximate surface area is 111 Å². The van der Waals surface area contributed by atoms with Gasteiger partial charge in [0.05, 0.1) is 0 Å². The number of rotatable bonds is 6. The normalized spacial score (nSPS) is 11.5. The molecular formula is C13H17FN2O3. The van der Waals surface area contributed by atoms with Gasteiger partial charge in [0.25, 0.3) is 5.91 Å². The summed E-state index contributed by atoms with van der Waals surface area (Å²) < 4.78 is 18.0. The Kier molecular flexibility index (Phi) is 5.78. The molecule has 2 amide bonds. The molecule has 0 radical (unpaired) electrons. The largest absolute Gasteiger partial charge is 0.484 e. The minimum absolute atomic E-state index is 0.262. The van der Waals surface area contributed by atoms with Crippen molar-refractivity contribution in [1.82, 2.24) is 10.6 Å². The third kappa shape index (κ3) is 5.37. The molecule has 0 aliphatic carbocycles. The summed E-state index contributed by atoms with van der Waals surface area (Å²) in [6, 6.07) is 4.86. The number of carbonyl (C=O) groups excluding carboxylic acids is 2. The molecule has 1 atom stereocenters. The van der Waals surface area contributed by atoms with Crippen LogP contribution in [0.4, 0.5) is 4.39 Å². The summed E-state index contributed by atoms with van der Waals surface area (Å²) in [4.78, 5) is 22.9. The molecule has 0 heterocycles. The SMILES string of the molecule is CCNC(=O)[C@H](C)NC(=O)COc1cccc(F)c1. The number of ether oxygens (including phenoxy) is 1. The zero-order valence-corrected chi connectivity index (χ0v) is 10.9. The van der Waals surface area contributed by atoms with Gasteiger partial charge in [-0.3, -0.25) is 9.59 Å². The molecule has 0 saturated heterocycles. The maximum atomic E-state index is 12.9. The molecule has 0 unspecified atom stereocenters. The van der Waals surface area contributed by atoms with E-state index in [1.54, 1.807) is 19.9 Å². The van der Waals surface area contributed by atoms with Crippen LogP contribution in [-0.2, 0) is 9.59 Å². The van der Waals surface area contributed by atoms with Gasteiger partial charge in [-0.25, -0.2) is 4.39 Å². The van der Waals surface area contributed by atoms with Gasteiger partial charge in [-0.05, 0) is 26.0 Å². The van der Waals surface area contributed by atoms with Crippen LogP contribution >= 0.6 is 0 Å². The molecule has 0 aliphatic rings. The Balaban J connectivity index is 2.37. The van der Waals surface area contributed by atoms with Crippen LogP contribution in [0, 0.1) is 5.82 Å². The summed E-state index contributed by atoms with van der Waals surface area (Å²) in [7, 11) is 0. The minimum Gasteiger partial charge on any atom is -0.484 e. The Bertz CT molecular complexity index is 451. The Morgan fingerprint density at radius 2 is 2.16 bits per heavy atom. The molecule has 1 aromatic carbocycles. The van der Waals surface area contributed by atoms with Gasteiger partial charge in [-0.1, -0.05) is 6.07 Å². The summed E-state index contributed by atoms with van der Waals surface area (Å²) in [6.07, 6.45) is 0. The number of benzene rings is 1. The van der Waals surface area contributed by atoms with Crippen LogP contribution < -0.4 is 15.4 Å². The fourth-order valence-electron chi connectivity index (χ4n) is 1.38. The molecule has 104 valence electrons. The first-order valence-electron chi connectivity index (χ1n) is 5.98. The van der Waals surface area contributed by atoms with E-state index in [-0.39, 0.29) is 18.3 Å². The highest BCUT2D eigenvalue weighted by atomic mass is 19.1. The summed E-state index contributed by atoms with van der Waals surface area (Å²) in [5.74, 6) is -0.876. The molecule has 1 aromatic rings. The highest BCUT2D eigenvalue weighted by Gasteiger charge is 2.14. The first-order chi connectivity index (χ1) is 9.02. The third-order valence-electron chi connectivity index (χ3n) is 2.29. The monoisotopic (exact) mass is 268 g/mol. The molecule has 19 heavy (non-hydrogen) atoms. The van der Waals surface area contributed by atoms with E-state index in [1.807, 2.05) is 0 Å². The average Bonchev–Trinajstić information content (AvgIpc) is 2.36. The quantitative estimate of drug-likeness (QED) is 0.803. The lowest BCUT2D eigenvalue weighted by Gasteiger charge is -2.13. The number of hydrogen-bond donors (Lipinski definition) is 2. The Morgan fingerprint density at radius 3 is 2.79 bits per heavy atom. The highest BCUT2D eigenvalue weighted by Crippen LogP contribution is 2.11. The van der Waals surface area contributed by atoms with Crippen LogP contribution in [0.2, 0.25) is 0 Å². The van der Waals surface area contributed by atoms with Crippen molar-refractivity contribution in [3.63, 3.8) is 0 Å². The topological polar surface area (TPSA) is 67.4 Å². The first kappa shape index (κ1) is 14.9. The molecule has 0 aromatic heterocycles. The zero-order valence-electron chi connectivity index (χ0n) is 10.9. The van der Waals surface area contributed by atoms with Gasteiger partial charge >= 0.3 is 0 Å². The van der Waals surface area contributed by atoms with Gasteiger partial charge in [0.2, 0.25) is 5.91 Å². The fourth-order valence-corrected chi connectivity index (χ4v) is 1.38. The summed E-state index contributed by atoms with van der Waals surface area (Å²) in [5.41, 5.74) is 0. The van der Waals surface area contributed by atoms with E-state index < -0.39 is 17.8 Å². The maximum Gasteiger partial charge on any atom is 0.258 e. The van der Waals surface area contributed by atoms with Gasteiger partial charge in [-0.2, -0.15) is 0 Å². The fraction of sp³-hybridized carbons (Fsp3) is 0.385. The number of halogens is 1.